The SMILES string of the molecule is CC(=O)O[C@@H]1O[C@H](COC(=O)c2ccc([N+](=O)[O-])cc2)[C@@H](N=[N+]=[N-])[C@H]1OC(C)=O. The van der Waals surface area contributed by atoms with Crippen molar-refractivity contribution in [3.63, 3.8) is 0 Å². The summed E-state index contributed by atoms with van der Waals surface area (Å²) in [5.74, 6) is -2.27. The van der Waals surface area contributed by atoms with Crippen molar-refractivity contribution in [2.45, 2.75) is 38.4 Å². The third kappa shape index (κ3) is 5.64. The van der Waals surface area contributed by atoms with Gasteiger partial charge in [-0.1, -0.05) is 5.11 Å². The molecule has 1 aromatic rings. The molecule has 1 saturated heterocycles. The van der Waals surface area contributed by atoms with Gasteiger partial charge in [-0.05, 0) is 17.7 Å². The number of nitro groups is 1. The Bertz CT molecular complexity index is 850. The lowest BCUT2D eigenvalue weighted by Gasteiger charge is -2.19. The molecule has 0 radical (unpaired) electrons. The third-order valence-electron chi connectivity index (χ3n) is 3.76. The second kappa shape index (κ2) is 9.48. The van der Waals surface area contributed by atoms with Gasteiger partial charge >= 0.3 is 17.9 Å². The summed E-state index contributed by atoms with van der Waals surface area (Å²) >= 11 is 0. The summed E-state index contributed by atoms with van der Waals surface area (Å²) in [5.41, 5.74) is 8.63. The monoisotopic (exact) mass is 408 g/mol. The van der Waals surface area contributed by atoms with E-state index in [-0.39, 0.29) is 11.3 Å². The number of hydrogen-bond donors (Lipinski definition) is 0. The molecule has 0 unspecified atom stereocenters. The zero-order valence-corrected chi connectivity index (χ0v) is 15.3. The number of hydrogen-bond acceptors (Lipinski definition) is 10. The van der Waals surface area contributed by atoms with Crippen molar-refractivity contribution < 1.29 is 38.3 Å². The Morgan fingerprint density at radius 1 is 1.21 bits per heavy atom. The summed E-state index contributed by atoms with van der Waals surface area (Å²) in [7, 11) is 0. The van der Waals surface area contributed by atoms with E-state index in [9.17, 15) is 24.5 Å². The maximum absolute atomic E-state index is 12.1. The Balaban J connectivity index is 2.11. The van der Waals surface area contributed by atoms with Crippen LogP contribution in [0.3, 0.4) is 0 Å². The summed E-state index contributed by atoms with van der Waals surface area (Å²) in [4.78, 5) is 47.4. The summed E-state index contributed by atoms with van der Waals surface area (Å²) in [6.07, 6.45) is -3.65. The average molecular weight is 408 g/mol. The van der Waals surface area contributed by atoms with Crippen molar-refractivity contribution in [1.29, 1.82) is 0 Å². The van der Waals surface area contributed by atoms with Gasteiger partial charge < -0.3 is 18.9 Å². The number of ether oxygens (including phenoxy) is 4. The lowest BCUT2D eigenvalue weighted by atomic mass is 10.1. The first kappa shape index (κ1) is 21.6. The van der Waals surface area contributed by atoms with E-state index in [1.807, 2.05) is 0 Å². The largest absolute Gasteiger partial charge is 0.459 e. The number of esters is 3. The summed E-state index contributed by atoms with van der Waals surface area (Å²) < 4.78 is 20.5. The van der Waals surface area contributed by atoms with Crippen LogP contribution in [-0.4, -0.2) is 54.0 Å². The van der Waals surface area contributed by atoms with Gasteiger partial charge in [-0.2, -0.15) is 0 Å². The minimum Gasteiger partial charge on any atom is -0.459 e. The Kier molecular flexibility index (Phi) is 7.06. The van der Waals surface area contributed by atoms with Crippen LogP contribution in [0.5, 0.6) is 0 Å². The van der Waals surface area contributed by atoms with Gasteiger partial charge in [-0.3, -0.25) is 19.7 Å². The molecule has 1 fully saturated rings. The zero-order valence-electron chi connectivity index (χ0n) is 15.3. The third-order valence-corrected chi connectivity index (χ3v) is 3.76. The van der Waals surface area contributed by atoms with Crippen LogP contribution in [0, 0.1) is 10.1 Å². The second-order valence-electron chi connectivity index (χ2n) is 5.82. The molecule has 0 aliphatic carbocycles. The van der Waals surface area contributed by atoms with Crippen LogP contribution in [0.1, 0.15) is 24.2 Å². The van der Waals surface area contributed by atoms with Crippen LogP contribution in [-0.2, 0) is 28.5 Å². The van der Waals surface area contributed by atoms with E-state index in [0.29, 0.717) is 0 Å². The second-order valence-corrected chi connectivity index (χ2v) is 5.82. The maximum Gasteiger partial charge on any atom is 0.338 e. The molecule has 13 heteroatoms. The number of nitrogens with zero attached hydrogens (tertiary/aromatic N) is 4. The first-order chi connectivity index (χ1) is 13.7. The standard InChI is InChI=1S/C16H16N4O9/c1-8(21)27-14-13(18-19-17)12(29-16(14)28-9(2)22)7-26-15(23)10-3-5-11(6-4-10)20(24)25/h3-6,12-14,16H,7H2,1-2H3/t12-,13-,14-,16-/m1/s1. The van der Waals surface area contributed by atoms with Gasteiger partial charge in [0, 0.05) is 30.9 Å². The highest BCUT2D eigenvalue weighted by atomic mass is 16.7. The van der Waals surface area contributed by atoms with Crippen LogP contribution in [0.4, 0.5) is 5.69 Å². The lowest BCUT2D eigenvalue weighted by Crippen LogP contribution is -2.38. The Morgan fingerprint density at radius 2 is 1.83 bits per heavy atom. The van der Waals surface area contributed by atoms with Crippen molar-refractivity contribution in [2.75, 3.05) is 6.61 Å². The molecule has 154 valence electrons. The molecule has 1 aromatic carbocycles. The van der Waals surface area contributed by atoms with Gasteiger partial charge in [-0.25, -0.2) is 4.79 Å². The van der Waals surface area contributed by atoms with E-state index >= 15 is 0 Å². The van der Waals surface area contributed by atoms with Crippen molar-refractivity contribution in [1.82, 2.24) is 0 Å². The molecule has 0 amide bonds. The number of carbonyl (C=O) groups is 3. The molecule has 4 atom stereocenters. The summed E-state index contributed by atoms with van der Waals surface area (Å²) in [5, 5.41) is 14.2. The molecule has 1 heterocycles. The van der Waals surface area contributed by atoms with Crippen LogP contribution in [0.25, 0.3) is 10.4 Å². The van der Waals surface area contributed by atoms with Crippen LogP contribution in [0.2, 0.25) is 0 Å². The molecular weight excluding hydrogens is 392 g/mol. The minimum absolute atomic E-state index is 0.0435. The number of benzene rings is 1. The Labute approximate surface area is 163 Å². The average Bonchev–Trinajstić information content (AvgIpc) is 2.95. The van der Waals surface area contributed by atoms with Crippen LogP contribution < -0.4 is 0 Å². The highest BCUT2D eigenvalue weighted by Gasteiger charge is 2.49. The number of azide groups is 1. The molecule has 2 rings (SSSR count). The fourth-order valence-electron chi connectivity index (χ4n) is 2.58. The molecule has 1 aliphatic rings. The molecular formula is C16H16N4O9. The minimum atomic E-state index is -1.35. The molecule has 0 spiro atoms. The van der Waals surface area contributed by atoms with Crippen molar-refractivity contribution in [3.05, 3.63) is 50.4 Å². The Morgan fingerprint density at radius 3 is 2.34 bits per heavy atom. The summed E-state index contributed by atoms with van der Waals surface area (Å²) in [6.45, 7) is 1.80. The molecule has 0 aromatic heterocycles. The first-order valence-corrected chi connectivity index (χ1v) is 8.18. The van der Waals surface area contributed by atoms with E-state index in [4.69, 9.17) is 24.5 Å². The summed E-state index contributed by atoms with van der Waals surface area (Å²) in [6, 6.07) is 3.57. The van der Waals surface area contributed by atoms with Gasteiger partial charge in [0.25, 0.3) is 5.69 Å². The van der Waals surface area contributed by atoms with E-state index in [1.54, 1.807) is 0 Å². The van der Waals surface area contributed by atoms with Gasteiger partial charge in [-0.15, -0.1) is 0 Å². The fourth-order valence-corrected chi connectivity index (χ4v) is 2.58. The highest BCUT2D eigenvalue weighted by molar-refractivity contribution is 5.89. The van der Waals surface area contributed by atoms with E-state index in [0.717, 1.165) is 26.0 Å². The number of nitro benzene ring substituents is 1. The van der Waals surface area contributed by atoms with Crippen LogP contribution in [0.15, 0.2) is 29.4 Å². The fraction of sp³-hybridized carbons (Fsp3) is 0.438. The Hall–Kier alpha value is -3.70. The predicted octanol–water partition coefficient (Wildman–Crippen LogP) is 1.65. The van der Waals surface area contributed by atoms with Crippen LogP contribution >= 0.6 is 0 Å². The van der Waals surface area contributed by atoms with Gasteiger partial charge in [0.15, 0.2) is 6.10 Å². The molecule has 0 saturated carbocycles. The lowest BCUT2D eigenvalue weighted by molar-refractivity contribution is -0.384. The zero-order chi connectivity index (χ0) is 21.6. The van der Waals surface area contributed by atoms with Crippen molar-refractivity contribution >= 4 is 23.6 Å². The maximum atomic E-state index is 12.1. The normalized spacial score (nSPS) is 22.8. The predicted molar refractivity (Wildman–Crippen MR) is 92.3 cm³/mol. The number of carbonyl (C=O) groups excluding carboxylic acids is 3. The molecule has 29 heavy (non-hydrogen) atoms. The van der Waals surface area contributed by atoms with Gasteiger partial charge in [0.1, 0.15) is 18.8 Å². The molecule has 0 N–H and O–H groups in total. The molecule has 0 bridgehead atoms. The quantitative estimate of drug-likeness (QED) is 0.123. The number of rotatable bonds is 7. The molecule has 1 aliphatic heterocycles. The van der Waals surface area contributed by atoms with Gasteiger partial charge in [0.2, 0.25) is 6.29 Å². The van der Waals surface area contributed by atoms with Crippen molar-refractivity contribution in [3.8, 4) is 0 Å². The number of non-ortho nitro benzene ring substituents is 1. The highest BCUT2D eigenvalue weighted by Crippen LogP contribution is 2.28. The topological polar surface area (TPSA) is 180 Å². The van der Waals surface area contributed by atoms with Crippen molar-refractivity contribution in [2.24, 2.45) is 5.11 Å². The van der Waals surface area contributed by atoms with E-state index < -0.39 is 54.0 Å². The molecule has 13 nitrogen and oxygen atoms in total. The first-order valence-electron chi connectivity index (χ1n) is 8.18. The van der Waals surface area contributed by atoms with E-state index in [2.05, 4.69) is 10.0 Å². The van der Waals surface area contributed by atoms with Gasteiger partial charge in [0.05, 0.1) is 10.5 Å². The smallest absolute Gasteiger partial charge is 0.338 e. The van der Waals surface area contributed by atoms with E-state index in [1.165, 1.54) is 12.1 Å².